The molecule has 0 unspecified atom stereocenters. The lowest BCUT2D eigenvalue weighted by Crippen LogP contribution is -2.34. The van der Waals surface area contributed by atoms with Gasteiger partial charge in [-0.25, -0.2) is 0 Å². The first-order valence-electron chi connectivity index (χ1n) is 5.25. The van der Waals surface area contributed by atoms with Crippen LogP contribution in [0.5, 0.6) is 0 Å². The molecule has 1 aliphatic rings. The van der Waals surface area contributed by atoms with Gasteiger partial charge in [0.2, 0.25) is 11.8 Å². The first kappa shape index (κ1) is 10.7. The maximum atomic E-state index is 11.6. The SMILES string of the molecule is Cc1ccc(CN2CCC(=O)NCC2=O)o1. The van der Waals surface area contributed by atoms with E-state index in [4.69, 9.17) is 4.42 Å². The van der Waals surface area contributed by atoms with E-state index in [9.17, 15) is 9.59 Å². The highest BCUT2D eigenvalue weighted by molar-refractivity contribution is 5.87. The Kier molecular flexibility index (Phi) is 2.94. The fraction of sp³-hybridized carbons (Fsp3) is 0.455. The van der Waals surface area contributed by atoms with Crippen LogP contribution < -0.4 is 5.32 Å². The third-order valence-corrected chi connectivity index (χ3v) is 2.54. The number of hydrogen-bond acceptors (Lipinski definition) is 3. The summed E-state index contributed by atoms with van der Waals surface area (Å²) in [5, 5.41) is 2.55. The number of hydrogen-bond donors (Lipinski definition) is 1. The number of aryl methyl sites for hydroxylation is 1. The molecule has 0 atom stereocenters. The maximum absolute atomic E-state index is 11.6. The van der Waals surface area contributed by atoms with E-state index in [0.29, 0.717) is 19.5 Å². The average molecular weight is 222 g/mol. The molecule has 0 aliphatic carbocycles. The van der Waals surface area contributed by atoms with Gasteiger partial charge in [-0.1, -0.05) is 0 Å². The second kappa shape index (κ2) is 4.38. The number of furan rings is 1. The van der Waals surface area contributed by atoms with Crippen molar-refractivity contribution in [3.8, 4) is 0 Å². The van der Waals surface area contributed by atoms with Gasteiger partial charge in [-0.2, -0.15) is 0 Å². The molecule has 1 aromatic rings. The second-order valence-corrected chi connectivity index (χ2v) is 3.85. The van der Waals surface area contributed by atoms with Crippen LogP contribution in [0.2, 0.25) is 0 Å². The van der Waals surface area contributed by atoms with Crippen LogP contribution >= 0.6 is 0 Å². The van der Waals surface area contributed by atoms with Crippen molar-refractivity contribution in [2.45, 2.75) is 19.9 Å². The predicted octanol–water partition coefficient (Wildman–Crippen LogP) is 0.437. The molecule has 2 heterocycles. The number of carbonyl (C=O) groups is 2. The molecule has 1 aromatic heterocycles. The Morgan fingerprint density at radius 2 is 2.25 bits per heavy atom. The Labute approximate surface area is 93.4 Å². The number of nitrogens with one attached hydrogen (secondary N) is 1. The molecule has 2 amide bonds. The van der Waals surface area contributed by atoms with E-state index in [1.54, 1.807) is 4.90 Å². The van der Waals surface area contributed by atoms with Crippen molar-refractivity contribution in [3.05, 3.63) is 23.7 Å². The monoisotopic (exact) mass is 222 g/mol. The summed E-state index contributed by atoms with van der Waals surface area (Å²) >= 11 is 0. The predicted molar refractivity (Wildman–Crippen MR) is 56.5 cm³/mol. The van der Waals surface area contributed by atoms with Crippen LogP contribution in [-0.2, 0) is 16.1 Å². The third-order valence-electron chi connectivity index (χ3n) is 2.54. The minimum absolute atomic E-state index is 0.0695. The van der Waals surface area contributed by atoms with Crippen LogP contribution in [0, 0.1) is 6.92 Å². The first-order chi connectivity index (χ1) is 7.65. The third kappa shape index (κ3) is 2.42. The van der Waals surface area contributed by atoms with Crippen LogP contribution in [0.1, 0.15) is 17.9 Å². The van der Waals surface area contributed by atoms with Gasteiger partial charge in [0.15, 0.2) is 0 Å². The highest BCUT2D eigenvalue weighted by Crippen LogP contribution is 2.11. The highest BCUT2D eigenvalue weighted by Gasteiger charge is 2.20. The van der Waals surface area contributed by atoms with Crippen molar-refractivity contribution in [2.24, 2.45) is 0 Å². The molecule has 2 rings (SSSR count). The summed E-state index contributed by atoms with van der Waals surface area (Å²) in [6.45, 7) is 2.82. The molecule has 0 aromatic carbocycles. The van der Waals surface area contributed by atoms with Crippen molar-refractivity contribution in [1.29, 1.82) is 0 Å². The molecule has 0 saturated carbocycles. The zero-order valence-corrected chi connectivity index (χ0v) is 9.16. The van der Waals surface area contributed by atoms with Crippen LogP contribution in [0.15, 0.2) is 16.5 Å². The maximum Gasteiger partial charge on any atom is 0.242 e. The number of amides is 2. The molecule has 0 bridgehead atoms. The van der Waals surface area contributed by atoms with E-state index in [1.807, 2.05) is 19.1 Å². The summed E-state index contributed by atoms with van der Waals surface area (Å²) in [6.07, 6.45) is 0.353. The summed E-state index contributed by atoms with van der Waals surface area (Å²) < 4.78 is 5.40. The molecule has 5 nitrogen and oxygen atoms in total. The van der Waals surface area contributed by atoms with Gasteiger partial charge in [-0.15, -0.1) is 0 Å². The molecule has 1 fully saturated rings. The summed E-state index contributed by atoms with van der Waals surface area (Å²) in [7, 11) is 0. The van der Waals surface area contributed by atoms with E-state index >= 15 is 0 Å². The minimum atomic E-state index is -0.0773. The molecule has 0 spiro atoms. The van der Waals surface area contributed by atoms with Gasteiger partial charge < -0.3 is 14.6 Å². The van der Waals surface area contributed by atoms with Crippen molar-refractivity contribution in [3.63, 3.8) is 0 Å². The molecule has 0 radical (unpaired) electrons. The lowest BCUT2D eigenvalue weighted by atomic mass is 10.3. The van der Waals surface area contributed by atoms with Crippen LogP contribution in [0.4, 0.5) is 0 Å². The van der Waals surface area contributed by atoms with E-state index in [0.717, 1.165) is 11.5 Å². The van der Waals surface area contributed by atoms with E-state index < -0.39 is 0 Å². The Bertz CT molecular complexity index is 411. The topological polar surface area (TPSA) is 62.6 Å². The lowest BCUT2D eigenvalue weighted by Gasteiger charge is -2.17. The van der Waals surface area contributed by atoms with Gasteiger partial charge in [0.1, 0.15) is 11.5 Å². The van der Waals surface area contributed by atoms with Crippen LogP contribution in [-0.4, -0.2) is 29.8 Å². The van der Waals surface area contributed by atoms with E-state index in [1.165, 1.54) is 0 Å². The number of carbonyl (C=O) groups excluding carboxylic acids is 2. The van der Waals surface area contributed by atoms with Gasteiger partial charge in [-0.05, 0) is 19.1 Å². The Hall–Kier alpha value is -1.78. The molecule has 1 N–H and O–H groups in total. The number of nitrogens with zero attached hydrogens (tertiary/aromatic N) is 1. The zero-order valence-electron chi connectivity index (χ0n) is 9.16. The Balaban J connectivity index is 2.02. The largest absolute Gasteiger partial charge is 0.464 e. The van der Waals surface area contributed by atoms with Gasteiger partial charge in [0.05, 0.1) is 13.1 Å². The van der Waals surface area contributed by atoms with Gasteiger partial charge in [0, 0.05) is 13.0 Å². The van der Waals surface area contributed by atoms with Gasteiger partial charge in [0.25, 0.3) is 0 Å². The second-order valence-electron chi connectivity index (χ2n) is 3.85. The summed E-state index contributed by atoms with van der Waals surface area (Å²) in [5.74, 6) is 1.43. The van der Waals surface area contributed by atoms with Crippen molar-refractivity contribution >= 4 is 11.8 Å². The average Bonchev–Trinajstić information content (AvgIpc) is 2.59. The van der Waals surface area contributed by atoms with E-state index in [-0.39, 0.29) is 18.4 Å². The molecule has 5 heteroatoms. The zero-order chi connectivity index (χ0) is 11.5. The molecular formula is C11H14N2O3. The molecule has 16 heavy (non-hydrogen) atoms. The fourth-order valence-corrected chi connectivity index (χ4v) is 1.66. The number of rotatable bonds is 2. The van der Waals surface area contributed by atoms with Gasteiger partial charge >= 0.3 is 0 Å². The lowest BCUT2D eigenvalue weighted by molar-refractivity contribution is -0.130. The van der Waals surface area contributed by atoms with Gasteiger partial charge in [-0.3, -0.25) is 9.59 Å². The first-order valence-corrected chi connectivity index (χ1v) is 5.25. The van der Waals surface area contributed by atoms with Crippen molar-refractivity contribution < 1.29 is 14.0 Å². The molecular weight excluding hydrogens is 208 g/mol. The summed E-state index contributed by atoms with van der Waals surface area (Å²) in [6, 6.07) is 3.71. The standard InChI is InChI=1S/C11H14N2O3/c1-8-2-3-9(16-8)7-13-5-4-10(14)12-6-11(13)15/h2-3H,4-7H2,1H3,(H,12,14). The van der Waals surface area contributed by atoms with Crippen molar-refractivity contribution in [1.82, 2.24) is 10.2 Å². The Morgan fingerprint density at radius 1 is 1.44 bits per heavy atom. The Morgan fingerprint density at radius 3 is 2.94 bits per heavy atom. The summed E-state index contributed by atoms with van der Waals surface area (Å²) in [4.78, 5) is 24.4. The summed E-state index contributed by atoms with van der Waals surface area (Å²) in [5.41, 5.74) is 0. The fourth-order valence-electron chi connectivity index (χ4n) is 1.66. The van der Waals surface area contributed by atoms with Crippen LogP contribution in [0.25, 0.3) is 0 Å². The van der Waals surface area contributed by atoms with Crippen LogP contribution in [0.3, 0.4) is 0 Å². The smallest absolute Gasteiger partial charge is 0.242 e. The minimum Gasteiger partial charge on any atom is -0.464 e. The highest BCUT2D eigenvalue weighted by atomic mass is 16.3. The van der Waals surface area contributed by atoms with Crippen molar-refractivity contribution in [2.75, 3.05) is 13.1 Å². The molecule has 1 aliphatic heterocycles. The van der Waals surface area contributed by atoms with E-state index in [2.05, 4.69) is 5.32 Å². The normalized spacial score (nSPS) is 17.2. The quantitative estimate of drug-likeness (QED) is 0.789. The molecule has 86 valence electrons. The molecule has 1 saturated heterocycles.